The van der Waals surface area contributed by atoms with Crippen molar-refractivity contribution in [1.29, 1.82) is 0 Å². The number of hydrogen-bond acceptors (Lipinski definition) is 3. The van der Waals surface area contributed by atoms with E-state index in [0.717, 1.165) is 58.1 Å². The number of hydrogen-bond donors (Lipinski definition) is 2. The number of aromatic nitrogens is 4. The van der Waals surface area contributed by atoms with Crippen molar-refractivity contribution in [3.8, 4) is 0 Å². The van der Waals surface area contributed by atoms with Gasteiger partial charge in [0.15, 0.2) is 0 Å². The van der Waals surface area contributed by atoms with Crippen LogP contribution in [0.3, 0.4) is 0 Å². The maximum Gasteiger partial charge on any atom is 0.0658 e. The van der Waals surface area contributed by atoms with E-state index >= 15 is 0 Å². The Morgan fingerprint density at radius 3 is 1.17 bits per heavy atom. The van der Waals surface area contributed by atoms with Crippen LogP contribution in [0.1, 0.15) is 35.6 Å². The average Bonchev–Trinajstić information content (AvgIpc) is 3.50. The van der Waals surface area contributed by atoms with Gasteiger partial charge in [0, 0.05) is 54.8 Å². The van der Waals surface area contributed by atoms with Gasteiger partial charge in [-0.3, -0.25) is 0 Å². The molecule has 0 saturated carbocycles. The van der Waals surface area contributed by atoms with Crippen LogP contribution in [-0.2, 0) is 24.2 Å². The Kier molecular flexibility index (Phi) is 6.36. The van der Waals surface area contributed by atoms with Crippen LogP contribution in [0.2, 0.25) is 0 Å². The van der Waals surface area contributed by atoms with Gasteiger partial charge in [-0.05, 0) is 85.7 Å². The van der Waals surface area contributed by atoms with Crippen molar-refractivity contribution in [2.75, 3.05) is 13.2 Å². The summed E-state index contributed by atoms with van der Waals surface area (Å²) in [6, 6.07) is 16.4. The van der Waals surface area contributed by atoms with Crippen molar-refractivity contribution in [1.82, 2.24) is 19.9 Å². The Labute approximate surface area is 187 Å². The van der Waals surface area contributed by atoms with E-state index in [-0.39, 0.29) is 19.5 Å². The number of nitrogens with zero attached hydrogens (tertiary/aromatic N) is 2. The van der Waals surface area contributed by atoms with Gasteiger partial charge in [-0.25, -0.2) is 9.97 Å². The summed E-state index contributed by atoms with van der Waals surface area (Å²) < 4.78 is 4.94. The van der Waals surface area contributed by atoms with Gasteiger partial charge in [0.05, 0.1) is 22.8 Å². The van der Waals surface area contributed by atoms with Crippen molar-refractivity contribution in [2.24, 2.45) is 0 Å². The molecule has 0 radical (unpaired) electrons. The summed E-state index contributed by atoms with van der Waals surface area (Å²) in [6.45, 7) is 2.00. The third-order valence-corrected chi connectivity index (χ3v) is 4.87. The van der Waals surface area contributed by atoms with Crippen molar-refractivity contribution in [3.05, 3.63) is 71.3 Å². The van der Waals surface area contributed by atoms with Crippen LogP contribution in [0.25, 0.3) is 46.4 Å². The molecule has 1 fully saturated rings. The second-order valence-electron chi connectivity index (χ2n) is 7.22. The zero-order chi connectivity index (χ0) is 19.5. The van der Waals surface area contributed by atoms with Gasteiger partial charge in [0.2, 0.25) is 0 Å². The van der Waals surface area contributed by atoms with Crippen LogP contribution in [0.4, 0.5) is 0 Å². The molecule has 3 aromatic rings. The summed E-state index contributed by atoms with van der Waals surface area (Å²) >= 11 is 0. The van der Waals surface area contributed by atoms with Crippen LogP contribution in [0.15, 0.2) is 48.5 Å². The van der Waals surface area contributed by atoms with Gasteiger partial charge in [0.25, 0.3) is 0 Å². The second kappa shape index (κ2) is 9.33. The van der Waals surface area contributed by atoms with E-state index in [1.54, 1.807) is 0 Å². The number of rotatable bonds is 0. The van der Waals surface area contributed by atoms with E-state index in [1.165, 1.54) is 12.8 Å². The quantitative estimate of drug-likeness (QED) is 0.310. The summed E-state index contributed by atoms with van der Waals surface area (Å²) in [6.07, 6.45) is 10.6. The van der Waals surface area contributed by atoms with E-state index in [1.807, 2.05) is 48.6 Å². The topological polar surface area (TPSA) is 66.6 Å². The molecule has 6 heterocycles. The van der Waals surface area contributed by atoms with Gasteiger partial charge in [-0.2, -0.15) is 0 Å². The molecule has 6 heteroatoms. The molecule has 2 N–H and O–H groups in total. The van der Waals surface area contributed by atoms with Crippen molar-refractivity contribution in [3.63, 3.8) is 0 Å². The molecular formula is C24H22N4OZn. The van der Waals surface area contributed by atoms with Gasteiger partial charge in [0.1, 0.15) is 0 Å². The summed E-state index contributed by atoms with van der Waals surface area (Å²) in [5, 5.41) is 0. The molecule has 0 amide bonds. The summed E-state index contributed by atoms with van der Waals surface area (Å²) in [7, 11) is 0. The second-order valence-corrected chi connectivity index (χ2v) is 7.22. The number of ether oxygens (including phenoxy) is 1. The first kappa shape index (κ1) is 20.5. The number of aromatic amines is 2. The van der Waals surface area contributed by atoms with Crippen LogP contribution in [0.5, 0.6) is 0 Å². The normalized spacial score (nSPS) is 14.1. The van der Waals surface area contributed by atoms with E-state index in [9.17, 15) is 0 Å². The van der Waals surface area contributed by atoms with Crippen LogP contribution >= 0.6 is 0 Å². The van der Waals surface area contributed by atoms with E-state index < -0.39 is 0 Å². The first-order valence-electron chi connectivity index (χ1n) is 9.92. The average molecular weight is 448 g/mol. The Bertz CT molecular complexity index is 1070. The third kappa shape index (κ3) is 5.02. The molecule has 0 atom stereocenters. The summed E-state index contributed by atoms with van der Waals surface area (Å²) in [5.74, 6) is 0. The fourth-order valence-corrected chi connectivity index (χ4v) is 3.45. The van der Waals surface area contributed by atoms with Crippen LogP contribution in [-0.4, -0.2) is 33.1 Å². The minimum Gasteiger partial charge on any atom is -0.381 e. The Balaban J connectivity index is 0.000000321. The molecule has 3 aromatic heterocycles. The molecule has 0 unspecified atom stereocenters. The van der Waals surface area contributed by atoms with Crippen molar-refractivity contribution in [2.45, 2.75) is 12.8 Å². The van der Waals surface area contributed by atoms with E-state index in [4.69, 9.17) is 4.74 Å². The van der Waals surface area contributed by atoms with Crippen molar-refractivity contribution < 1.29 is 24.2 Å². The number of fused-ring (bicyclic) bond motifs is 8. The molecule has 3 aliphatic heterocycles. The number of H-pyrrole nitrogens is 2. The Morgan fingerprint density at radius 2 is 0.900 bits per heavy atom. The monoisotopic (exact) mass is 446 g/mol. The van der Waals surface area contributed by atoms with Crippen molar-refractivity contribution >= 4 is 46.4 Å². The third-order valence-electron chi connectivity index (χ3n) is 4.87. The van der Waals surface area contributed by atoms with E-state index in [2.05, 4.69) is 44.2 Å². The Hall–Kier alpha value is -2.82. The first-order valence-corrected chi connectivity index (χ1v) is 9.92. The van der Waals surface area contributed by atoms with E-state index in [0.29, 0.717) is 0 Å². The summed E-state index contributed by atoms with van der Waals surface area (Å²) in [5.41, 5.74) is 7.86. The molecule has 0 aliphatic carbocycles. The van der Waals surface area contributed by atoms with Gasteiger partial charge < -0.3 is 14.7 Å². The smallest absolute Gasteiger partial charge is 0.0658 e. The van der Waals surface area contributed by atoms with Crippen LogP contribution < -0.4 is 0 Å². The molecule has 5 nitrogen and oxygen atoms in total. The number of nitrogens with one attached hydrogen (secondary N) is 2. The van der Waals surface area contributed by atoms with Crippen LogP contribution in [0, 0.1) is 0 Å². The molecule has 8 bridgehead atoms. The predicted octanol–water partition coefficient (Wildman–Crippen LogP) is 5.45. The zero-order valence-electron chi connectivity index (χ0n) is 16.8. The first-order chi connectivity index (χ1) is 14.3. The van der Waals surface area contributed by atoms with Gasteiger partial charge in [-0.1, -0.05) is 0 Å². The fraction of sp³-hybridized carbons (Fsp3) is 0.167. The minimum atomic E-state index is 0. The van der Waals surface area contributed by atoms with Gasteiger partial charge >= 0.3 is 0 Å². The maximum absolute atomic E-state index is 4.94. The standard InChI is InChI=1S/C20H14N4.C4H8O.Zn/c1-2-14-10-16-5-6-18(23-16)12-20-8-7-19(24-20)11-17-4-3-15(22-17)9-13(1)21-14;1-2-4-5-3-1;/h1-12,21,24H;1-4H2;. The Morgan fingerprint density at radius 1 is 0.567 bits per heavy atom. The molecule has 30 heavy (non-hydrogen) atoms. The minimum absolute atomic E-state index is 0. The SMILES string of the molecule is C1=Cc2cc3ccc(cc4nc(cc5ccc(cc1n2)[nH]5)C=C4)[nH]3.C1CCOC1.[Zn]. The zero-order valence-corrected chi connectivity index (χ0v) is 19.7. The molecule has 3 aliphatic rings. The fourth-order valence-electron chi connectivity index (χ4n) is 3.45. The van der Waals surface area contributed by atoms with Gasteiger partial charge in [-0.15, -0.1) is 0 Å². The molecule has 0 spiro atoms. The predicted molar refractivity (Wildman–Crippen MR) is 119 cm³/mol. The molecule has 1 saturated heterocycles. The maximum atomic E-state index is 4.94. The largest absolute Gasteiger partial charge is 0.381 e. The molecule has 146 valence electrons. The molecular weight excluding hydrogens is 426 g/mol. The summed E-state index contributed by atoms with van der Waals surface area (Å²) in [4.78, 5) is 16.0. The molecule has 0 aromatic carbocycles. The molecule has 6 rings (SSSR count).